The molecule has 2 fully saturated rings. The van der Waals surface area contributed by atoms with E-state index < -0.39 is 0 Å². The van der Waals surface area contributed by atoms with Crippen molar-refractivity contribution in [2.75, 3.05) is 52.4 Å². The van der Waals surface area contributed by atoms with Crippen LogP contribution < -0.4 is 5.32 Å². The Kier molecular flexibility index (Phi) is 6.26. The number of ether oxygens (including phenoxy) is 1. The van der Waals surface area contributed by atoms with Gasteiger partial charge in [0.1, 0.15) is 0 Å². The maximum Gasteiger partial charge on any atom is 0.227 e. The number of amides is 1. The molecule has 2 rings (SSSR count). The van der Waals surface area contributed by atoms with Gasteiger partial charge in [-0.15, -0.1) is 0 Å². The monoisotopic (exact) mass is 283 g/mol. The van der Waals surface area contributed by atoms with E-state index in [1.807, 2.05) is 4.90 Å². The van der Waals surface area contributed by atoms with Gasteiger partial charge in [0.25, 0.3) is 0 Å². The van der Waals surface area contributed by atoms with Crippen molar-refractivity contribution < 1.29 is 9.53 Å². The summed E-state index contributed by atoms with van der Waals surface area (Å²) in [6.07, 6.45) is 2.22. The molecule has 0 bridgehead atoms. The third-order valence-electron chi connectivity index (χ3n) is 4.52. The van der Waals surface area contributed by atoms with Gasteiger partial charge in [0.05, 0.1) is 18.6 Å². The molecule has 116 valence electrons. The summed E-state index contributed by atoms with van der Waals surface area (Å²) in [5, 5.41) is 3.26. The highest BCUT2D eigenvalue weighted by atomic mass is 16.5. The van der Waals surface area contributed by atoms with Crippen molar-refractivity contribution in [2.45, 2.75) is 32.8 Å². The summed E-state index contributed by atoms with van der Waals surface area (Å²) in [5.41, 5.74) is 0. The van der Waals surface area contributed by atoms with E-state index in [4.69, 9.17) is 4.74 Å². The van der Waals surface area contributed by atoms with Crippen molar-refractivity contribution in [1.29, 1.82) is 0 Å². The zero-order chi connectivity index (χ0) is 14.4. The number of likely N-dealkylation sites (N-methyl/N-ethyl adjacent to an activating group) is 1. The summed E-state index contributed by atoms with van der Waals surface area (Å²) in [6, 6.07) is 0. The first kappa shape index (κ1) is 15.7. The zero-order valence-electron chi connectivity index (χ0n) is 12.9. The molecule has 0 aromatic rings. The molecule has 1 N–H and O–H groups in total. The van der Waals surface area contributed by atoms with Gasteiger partial charge in [0.15, 0.2) is 0 Å². The predicted octanol–water partition coefficient (Wildman–Crippen LogP) is 0.555. The lowest BCUT2D eigenvalue weighted by Crippen LogP contribution is -2.36. The van der Waals surface area contributed by atoms with Crippen molar-refractivity contribution >= 4 is 5.91 Å². The van der Waals surface area contributed by atoms with Crippen LogP contribution in [0.15, 0.2) is 0 Å². The van der Waals surface area contributed by atoms with Gasteiger partial charge in [-0.3, -0.25) is 4.79 Å². The van der Waals surface area contributed by atoms with E-state index in [-0.39, 0.29) is 12.0 Å². The Labute approximate surface area is 122 Å². The Morgan fingerprint density at radius 2 is 2.15 bits per heavy atom. The minimum atomic E-state index is 0.199. The largest absolute Gasteiger partial charge is 0.375 e. The zero-order valence-corrected chi connectivity index (χ0v) is 12.9. The number of likely N-dealkylation sites (tertiary alicyclic amines) is 1. The molecule has 2 atom stereocenters. The molecule has 2 heterocycles. The van der Waals surface area contributed by atoms with E-state index >= 15 is 0 Å². The third kappa shape index (κ3) is 4.17. The highest BCUT2D eigenvalue weighted by Gasteiger charge is 2.32. The van der Waals surface area contributed by atoms with Gasteiger partial charge < -0.3 is 19.9 Å². The number of hydrogen-bond donors (Lipinski definition) is 1. The van der Waals surface area contributed by atoms with Crippen LogP contribution in [0.5, 0.6) is 0 Å². The first-order valence-electron chi connectivity index (χ1n) is 8.08. The topological polar surface area (TPSA) is 44.8 Å². The van der Waals surface area contributed by atoms with Crippen LogP contribution in [0, 0.1) is 5.92 Å². The highest BCUT2D eigenvalue weighted by molar-refractivity contribution is 5.79. The number of nitrogens with zero attached hydrogens (tertiary/aromatic N) is 2. The number of hydrogen-bond acceptors (Lipinski definition) is 4. The Hall–Kier alpha value is -0.650. The van der Waals surface area contributed by atoms with Gasteiger partial charge >= 0.3 is 0 Å². The summed E-state index contributed by atoms with van der Waals surface area (Å²) in [7, 11) is 0. The van der Waals surface area contributed by atoms with Crippen LogP contribution in [0.3, 0.4) is 0 Å². The maximum atomic E-state index is 12.3. The smallest absolute Gasteiger partial charge is 0.227 e. The number of rotatable bonds is 7. The van der Waals surface area contributed by atoms with E-state index in [0.29, 0.717) is 5.91 Å². The molecule has 2 aliphatic heterocycles. The Morgan fingerprint density at radius 3 is 2.80 bits per heavy atom. The van der Waals surface area contributed by atoms with Crippen LogP contribution in [-0.2, 0) is 9.53 Å². The molecule has 2 unspecified atom stereocenters. The molecule has 5 nitrogen and oxygen atoms in total. The van der Waals surface area contributed by atoms with Crippen LogP contribution in [0.4, 0.5) is 0 Å². The van der Waals surface area contributed by atoms with Crippen LogP contribution in [0.1, 0.15) is 26.7 Å². The third-order valence-corrected chi connectivity index (χ3v) is 4.52. The van der Waals surface area contributed by atoms with Gasteiger partial charge in [-0.25, -0.2) is 0 Å². The summed E-state index contributed by atoms with van der Waals surface area (Å²) >= 11 is 0. The minimum Gasteiger partial charge on any atom is -0.375 e. The van der Waals surface area contributed by atoms with Crippen LogP contribution in [0.2, 0.25) is 0 Å². The molecule has 0 saturated carbocycles. The second-order valence-electron chi connectivity index (χ2n) is 5.78. The molecule has 1 amide bonds. The SMILES string of the molecule is CCN(CC)CCOC1CCN(C(=O)C2CCNC2)C1. The first-order chi connectivity index (χ1) is 9.74. The predicted molar refractivity (Wildman–Crippen MR) is 79.7 cm³/mol. The molecular weight excluding hydrogens is 254 g/mol. The van der Waals surface area contributed by atoms with E-state index in [0.717, 1.165) is 65.3 Å². The summed E-state index contributed by atoms with van der Waals surface area (Å²) in [6.45, 7) is 11.7. The molecule has 0 aromatic carbocycles. The van der Waals surface area contributed by atoms with Crippen LogP contribution in [0.25, 0.3) is 0 Å². The molecule has 20 heavy (non-hydrogen) atoms. The fourth-order valence-corrected chi connectivity index (χ4v) is 3.08. The van der Waals surface area contributed by atoms with E-state index in [1.54, 1.807) is 0 Å². The fraction of sp³-hybridized carbons (Fsp3) is 0.933. The molecule has 0 aliphatic carbocycles. The molecule has 0 radical (unpaired) electrons. The van der Waals surface area contributed by atoms with E-state index in [9.17, 15) is 4.79 Å². The molecule has 5 heteroatoms. The van der Waals surface area contributed by atoms with Crippen molar-refractivity contribution in [2.24, 2.45) is 5.92 Å². The Morgan fingerprint density at radius 1 is 1.35 bits per heavy atom. The van der Waals surface area contributed by atoms with E-state index in [2.05, 4.69) is 24.1 Å². The molecule has 2 saturated heterocycles. The molecule has 0 aromatic heterocycles. The Balaban J connectivity index is 1.65. The van der Waals surface area contributed by atoms with E-state index in [1.165, 1.54) is 0 Å². The minimum absolute atomic E-state index is 0.199. The highest BCUT2D eigenvalue weighted by Crippen LogP contribution is 2.18. The van der Waals surface area contributed by atoms with Gasteiger partial charge in [0.2, 0.25) is 5.91 Å². The summed E-state index contributed by atoms with van der Waals surface area (Å²) < 4.78 is 5.93. The lowest BCUT2D eigenvalue weighted by molar-refractivity contribution is -0.134. The number of nitrogens with one attached hydrogen (secondary N) is 1. The van der Waals surface area contributed by atoms with Gasteiger partial charge in [-0.1, -0.05) is 13.8 Å². The Bertz CT molecular complexity index is 301. The number of carbonyl (C=O) groups is 1. The van der Waals surface area contributed by atoms with Crippen LogP contribution in [-0.4, -0.2) is 74.2 Å². The van der Waals surface area contributed by atoms with Crippen molar-refractivity contribution in [3.05, 3.63) is 0 Å². The van der Waals surface area contributed by atoms with Crippen molar-refractivity contribution in [3.63, 3.8) is 0 Å². The van der Waals surface area contributed by atoms with Crippen molar-refractivity contribution in [1.82, 2.24) is 15.1 Å². The van der Waals surface area contributed by atoms with Gasteiger partial charge in [-0.05, 0) is 32.5 Å². The number of carbonyl (C=O) groups excluding carboxylic acids is 1. The second-order valence-corrected chi connectivity index (χ2v) is 5.78. The summed E-state index contributed by atoms with van der Waals surface area (Å²) in [4.78, 5) is 16.7. The average Bonchev–Trinajstić information content (AvgIpc) is 3.14. The van der Waals surface area contributed by atoms with Gasteiger partial charge in [-0.2, -0.15) is 0 Å². The molecule has 0 spiro atoms. The van der Waals surface area contributed by atoms with Gasteiger partial charge in [0, 0.05) is 26.2 Å². The summed E-state index contributed by atoms with van der Waals surface area (Å²) in [5.74, 6) is 0.522. The normalized spacial score (nSPS) is 26.6. The lowest BCUT2D eigenvalue weighted by Gasteiger charge is -2.21. The fourth-order valence-electron chi connectivity index (χ4n) is 3.08. The quantitative estimate of drug-likeness (QED) is 0.741. The second kappa shape index (κ2) is 7.96. The standard InChI is InChI=1S/C15H29N3O2/c1-3-17(4-2)9-10-20-14-6-8-18(12-14)15(19)13-5-7-16-11-13/h13-14,16H,3-12H2,1-2H3. The van der Waals surface area contributed by atoms with Crippen molar-refractivity contribution in [3.8, 4) is 0 Å². The molecule has 2 aliphatic rings. The average molecular weight is 283 g/mol. The first-order valence-corrected chi connectivity index (χ1v) is 8.08. The van der Waals surface area contributed by atoms with Crippen LogP contribution >= 0.6 is 0 Å². The molecular formula is C15H29N3O2. The maximum absolute atomic E-state index is 12.3. The lowest BCUT2D eigenvalue weighted by atomic mass is 10.1.